The molecule has 1 fully saturated rings. The van der Waals surface area contributed by atoms with Crippen molar-refractivity contribution in [3.8, 4) is 0 Å². The summed E-state index contributed by atoms with van der Waals surface area (Å²) in [6, 6.07) is 14.5. The van der Waals surface area contributed by atoms with Gasteiger partial charge in [-0.2, -0.15) is 0 Å². The third-order valence-electron chi connectivity index (χ3n) is 4.45. The van der Waals surface area contributed by atoms with Gasteiger partial charge in [0, 0.05) is 18.0 Å². The normalized spacial score (nSPS) is 18.5. The van der Waals surface area contributed by atoms with Crippen LogP contribution in [0.15, 0.2) is 78.6 Å². The monoisotopic (exact) mass is 375 g/mol. The van der Waals surface area contributed by atoms with Gasteiger partial charge >= 0.3 is 5.91 Å². The average Bonchev–Trinajstić information content (AvgIpc) is 3.00. The minimum atomic E-state index is -0.909. The number of hydrogen-bond acceptors (Lipinski definition) is 5. The fourth-order valence-electron chi connectivity index (χ4n) is 3.17. The molecule has 138 valence electrons. The van der Waals surface area contributed by atoms with E-state index in [-0.39, 0.29) is 22.8 Å². The Morgan fingerprint density at radius 2 is 1.57 bits per heavy atom. The zero-order valence-electron chi connectivity index (χ0n) is 14.5. The van der Waals surface area contributed by atoms with Crippen LogP contribution in [0.25, 0.3) is 5.76 Å². The molecular weight excluding hydrogens is 361 g/mol. The van der Waals surface area contributed by atoms with E-state index in [0.29, 0.717) is 5.56 Å². The maximum atomic E-state index is 13.2. The van der Waals surface area contributed by atoms with Gasteiger partial charge in [-0.3, -0.25) is 14.5 Å². The Kier molecular flexibility index (Phi) is 4.41. The Morgan fingerprint density at radius 1 is 0.929 bits per heavy atom. The number of rotatable bonds is 3. The molecule has 1 unspecified atom stereocenters. The molecule has 1 atom stereocenters. The van der Waals surface area contributed by atoms with E-state index in [1.165, 1.54) is 36.7 Å². The lowest BCUT2D eigenvalue weighted by Crippen LogP contribution is -2.31. The van der Waals surface area contributed by atoms with E-state index in [0.717, 1.165) is 4.90 Å². The van der Waals surface area contributed by atoms with Gasteiger partial charge in [-0.1, -0.05) is 30.3 Å². The van der Waals surface area contributed by atoms with Gasteiger partial charge in [-0.15, -0.1) is 0 Å². The molecule has 1 aromatic heterocycles. The van der Waals surface area contributed by atoms with E-state index >= 15 is 0 Å². The quantitative estimate of drug-likeness (QED) is 0.432. The van der Waals surface area contributed by atoms with Crippen LogP contribution in [0.1, 0.15) is 17.2 Å². The number of nitrogens with zero attached hydrogens (tertiary/aromatic N) is 3. The lowest BCUT2D eigenvalue weighted by atomic mass is 9.95. The molecule has 0 saturated carbocycles. The van der Waals surface area contributed by atoms with Crippen LogP contribution >= 0.6 is 0 Å². The van der Waals surface area contributed by atoms with E-state index < -0.39 is 23.5 Å². The zero-order chi connectivity index (χ0) is 19.7. The second kappa shape index (κ2) is 7.03. The first-order valence-electron chi connectivity index (χ1n) is 8.47. The van der Waals surface area contributed by atoms with Gasteiger partial charge in [-0.25, -0.2) is 14.4 Å². The predicted molar refractivity (Wildman–Crippen MR) is 99.7 cm³/mol. The highest BCUT2D eigenvalue weighted by atomic mass is 19.1. The summed E-state index contributed by atoms with van der Waals surface area (Å²) in [6.45, 7) is 0. The van der Waals surface area contributed by atoms with Gasteiger partial charge in [0.2, 0.25) is 5.95 Å². The lowest BCUT2D eigenvalue weighted by molar-refractivity contribution is -0.132. The predicted octanol–water partition coefficient (Wildman–Crippen LogP) is 3.24. The summed E-state index contributed by atoms with van der Waals surface area (Å²) in [6.07, 6.45) is 2.92. The topological polar surface area (TPSA) is 83.4 Å². The Balaban J connectivity index is 1.94. The molecule has 7 heteroatoms. The number of benzene rings is 2. The number of carbonyl (C=O) groups excluding carboxylic acids is 2. The number of ketones is 1. The summed E-state index contributed by atoms with van der Waals surface area (Å²) in [7, 11) is 0. The maximum absolute atomic E-state index is 13.2. The molecule has 1 aliphatic heterocycles. The number of carbonyl (C=O) groups is 2. The number of anilines is 1. The second-order valence-corrected chi connectivity index (χ2v) is 6.14. The Hall–Kier alpha value is -3.87. The average molecular weight is 375 g/mol. The van der Waals surface area contributed by atoms with Crippen LogP contribution in [0.5, 0.6) is 0 Å². The minimum absolute atomic E-state index is 0.0524. The van der Waals surface area contributed by atoms with Crippen LogP contribution in [0.2, 0.25) is 0 Å². The fraction of sp³-hybridized carbons (Fsp3) is 0.0476. The number of halogens is 1. The van der Waals surface area contributed by atoms with E-state index in [9.17, 15) is 19.1 Å². The molecule has 0 bridgehead atoms. The standard InChI is InChI=1S/C21H14FN3O3/c22-15-9-7-14(8-10-15)18(26)16-17(13-5-2-1-3-6-13)25(20(28)19(16)27)21-23-11-4-12-24-21/h1-12,17,26H/b18-16-. The van der Waals surface area contributed by atoms with Crippen LogP contribution in [-0.2, 0) is 9.59 Å². The summed E-state index contributed by atoms with van der Waals surface area (Å²) < 4.78 is 13.2. The first-order chi connectivity index (χ1) is 13.6. The molecular formula is C21H14FN3O3. The van der Waals surface area contributed by atoms with Crippen LogP contribution in [0.4, 0.5) is 10.3 Å². The summed E-state index contributed by atoms with van der Waals surface area (Å²) in [5.74, 6) is -2.51. The van der Waals surface area contributed by atoms with E-state index in [2.05, 4.69) is 9.97 Å². The van der Waals surface area contributed by atoms with Crippen molar-refractivity contribution in [2.45, 2.75) is 6.04 Å². The SMILES string of the molecule is O=C1C(=O)N(c2ncccn2)C(c2ccccc2)/C1=C(/O)c1ccc(F)cc1. The summed E-state index contributed by atoms with van der Waals surface area (Å²) >= 11 is 0. The molecule has 2 aromatic carbocycles. The molecule has 0 spiro atoms. The van der Waals surface area contributed by atoms with Crippen molar-refractivity contribution in [1.29, 1.82) is 0 Å². The molecule has 6 nitrogen and oxygen atoms in total. The summed E-state index contributed by atoms with van der Waals surface area (Å²) in [4.78, 5) is 34.9. The first-order valence-corrected chi connectivity index (χ1v) is 8.47. The molecule has 0 aliphatic carbocycles. The van der Waals surface area contributed by atoms with Crippen molar-refractivity contribution in [1.82, 2.24) is 9.97 Å². The number of amides is 1. The largest absolute Gasteiger partial charge is 0.507 e. The highest BCUT2D eigenvalue weighted by molar-refractivity contribution is 6.51. The molecule has 1 saturated heterocycles. The number of aliphatic hydroxyl groups is 1. The van der Waals surface area contributed by atoms with Crippen LogP contribution < -0.4 is 4.90 Å². The highest BCUT2D eigenvalue weighted by Crippen LogP contribution is 2.40. The molecule has 0 radical (unpaired) electrons. The number of Topliss-reactive ketones (excluding diaryl/α,β-unsaturated/α-hetero) is 1. The summed E-state index contributed by atoms with van der Waals surface area (Å²) in [5.41, 5.74) is 0.738. The number of hydrogen-bond donors (Lipinski definition) is 1. The van der Waals surface area contributed by atoms with Crippen LogP contribution in [0, 0.1) is 5.82 Å². The minimum Gasteiger partial charge on any atom is -0.507 e. The van der Waals surface area contributed by atoms with Crippen molar-refractivity contribution in [2.75, 3.05) is 4.90 Å². The molecule has 1 amide bonds. The molecule has 28 heavy (non-hydrogen) atoms. The molecule has 2 heterocycles. The Bertz CT molecular complexity index is 1070. The molecule has 4 rings (SSSR count). The van der Waals surface area contributed by atoms with Crippen LogP contribution in [0.3, 0.4) is 0 Å². The van der Waals surface area contributed by atoms with Gasteiger partial charge in [0.25, 0.3) is 5.78 Å². The van der Waals surface area contributed by atoms with E-state index in [1.807, 2.05) is 0 Å². The second-order valence-electron chi connectivity index (χ2n) is 6.14. The first kappa shape index (κ1) is 17.5. The lowest BCUT2D eigenvalue weighted by Gasteiger charge is -2.23. The van der Waals surface area contributed by atoms with Crippen molar-refractivity contribution in [3.63, 3.8) is 0 Å². The highest BCUT2D eigenvalue weighted by Gasteiger charge is 2.48. The summed E-state index contributed by atoms with van der Waals surface area (Å²) in [5, 5.41) is 10.8. The zero-order valence-corrected chi connectivity index (χ0v) is 14.5. The van der Waals surface area contributed by atoms with Crippen LogP contribution in [-0.4, -0.2) is 26.8 Å². The van der Waals surface area contributed by atoms with Crippen molar-refractivity contribution in [2.24, 2.45) is 0 Å². The van der Waals surface area contributed by atoms with Gasteiger partial charge < -0.3 is 5.11 Å². The third-order valence-corrected chi connectivity index (χ3v) is 4.45. The molecule has 1 N–H and O–H groups in total. The van der Waals surface area contributed by atoms with E-state index in [1.54, 1.807) is 36.4 Å². The maximum Gasteiger partial charge on any atom is 0.302 e. The fourth-order valence-corrected chi connectivity index (χ4v) is 3.17. The number of aliphatic hydroxyl groups excluding tert-OH is 1. The molecule has 1 aliphatic rings. The Morgan fingerprint density at radius 3 is 2.21 bits per heavy atom. The molecule has 3 aromatic rings. The van der Waals surface area contributed by atoms with Crippen molar-refractivity contribution < 1.29 is 19.1 Å². The van der Waals surface area contributed by atoms with E-state index in [4.69, 9.17) is 0 Å². The smallest absolute Gasteiger partial charge is 0.302 e. The van der Waals surface area contributed by atoms with Crippen molar-refractivity contribution in [3.05, 3.63) is 95.6 Å². The van der Waals surface area contributed by atoms with Gasteiger partial charge in [-0.05, 0) is 35.9 Å². The van der Waals surface area contributed by atoms with Gasteiger partial charge in [0.15, 0.2) is 0 Å². The Labute approximate surface area is 159 Å². The van der Waals surface area contributed by atoms with Gasteiger partial charge in [0.05, 0.1) is 11.6 Å². The van der Waals surface area contributed by atoms with Gasteiger partial charge in [0.1, 0.15) is 11.6 Å². The van der Waals surface area contributed by atoms with Crippen molar-refractivity contribution >= 4 is 23.4 Å². The number of aromatic nitrogens is 2. The third kappa shape index (κ3) is 2.92.